The van der Waals surface area contributed by atoms with Crippen LogP contribution >= 0.6 is 0 Å². The maximum Gasteiger partial charge on any atom is 0.471 e. The molecule has 10 atom stereocenters. The number of amides is 2. The highest BCUT2D eigenvalue weighted by Crippen LogP contribution is 2.35. The van der Waals surface area contributed by atoms with Crippen molar-refractivity contribution < 1.29 is 71.0 Å². The molecule has 2 aliphatic heterocycles. The van der Waals surface area contributed by atoms with E-state index < -0.39 is 60.7 Å². The summed E-state index contributed by atoms with van der Waals surface area (Å²) in [6, 6.07) is 9.67. The Hall–Kier alpha value is -5.85. The minimum Gasteiger partial charge on any atom is -0.434 e. The zero-order valence-corrected chi connectivity index (χ0v) is 44.9. The smallest absolute Gasteiger partial charge is 0.434 e. The fourth-order valence-electron chi connectivity index (χ4n) is 8.58. The Morgan fingerprint density at radius 3 is 1.31 bits per heavy atom. The van der Waals surface area contributed by atoms with Crippen LogP contribution in [0.15, 0.2) is 48.8 Å². The molecule has 4 heterocycles. The third kappa shape index (κ3) is 17.6. The molecule has 75 heavy (non-hydrogen) atoms. The van der Waals surface area contributed by atoms with Crippen LogP contribution < -0.4 is 10.6 Å². The monoisotopic (exact) mass is 1060 g/mol. The molecule has 0 bridgehead atoms. The lowest BCUT2D eigenvalue weighted by Crippen LogP contribution is -2.60. The van der Waals surface area contributed by atoms with Crippen LogP contribution in [0.5, 0.6) is 0 Å². The Bertz CT molecular complexity index is 2580. The van der Waals surface area contributed by atoms with E-state index in [-0.39, 0.29) is 60.7 Å². The molecule has 20 nitrogen and oxygen atoms in total. The van der Waals surface area contributed by atoms with Gasteiger partial charge in [-0.2, -0.15) is 13.2 Å². The predicted molar refractivity (Wildman–Crippen MR) is 265 cm³/mol. The van der Waals surface area contributed by atoms with Gasteiger partial charge in [-0.3, -0.25) is 19.2 Å². The maximum absolute atomic E-state index is 12.9. The lowest BCUT2D eigenvalue weighted by atomic mass is 9.82. The van der Waals surface area contributed by atoms with Gasteiger partial charge in [0, 0.05) is 31.9 Å². The van der Waals surface area contributed by atoms with Gasteiger partial charge in [-0.1, -0.05) is 50.3 Å². The van der Waals surface area contributed by atoms with Gasteiger partial charge in [0.1, 0.15) is 11.4 Å². The first-order valence-corrected chi connectivity index (χ1v) is 24.8. The minimum atomic E-state index is -5.09. The molecular formula is C52H73F3N8O12. The number of aromatic nitrogens is 6. The normalized spacial score (nSPS) is 24.1. The molecular weight excluding hydrogens is 986 g/mol. The molecule has 23 heteroatoms. The van der Waals surface area contributed by atoms with Crippen LogP contribution in [0.1, 0.15) is 112 Å². The molecule has 0 spiro atoms. The van der Waals surface area contributed by atoms with Crippen LogP contribution in [0.3, 0.4) is 0 Å². The number of rotatable bonds is 16. The second kappa shape index (κ2) is 25.3. The topological polar surface area (TPSA) is 250 Å². The second-order valence-electron chi connectivity index (χ2n) is 21.3. The van der Waals surface area contributed by atoms with Crippen molar-refractivity contribution in [1.29, 1.82) is 0 Å². The van der Waals surface area contributed by atoms with E-state index in [1.165, 1.54) is 18.5 Å². The van der Waals surface area contributed by atoms with Gasteiger partial charge in [0.2, 0.25) is 18.5 Å². The number of halogens is 3. The number of carbonyl (C=O) groups excluding carboxylic acids is 4. The summed E-state index contributed by atoms with van der Waals surface area (Å²) in [6.45, 7) is 24.2. The standard InChI is InChI=1S/C26H35F3N4O6.C26H38N4O6/c1-14-15(2)22(30-24(36)26(27,28)29)23(38-16(3)35)39-21(14)11-33-10-20(31-32-33)19-8-17(12-34)7-18(9-19)13-37-25(4,5)6;1-15-16(2)24(27-17(3)32)25(35-18(4)33)36-23(15)12-30-11-22(28-29-30)21-9-19(13-31)8-20(10-21)14-34-26(5,6)7/h7-10,14-15,21-23,34H,11-13H2,1-6H3,(H,30,36);8-11,15-16,23-25,31H,12-14H2,1-7H3,(H,27,32)/t14-,15-,21?,22?,23+;15-,16-,23?,24?,25+/m00/s1. The zero-order valence-electron chi connectivity index (χ0n) is 44.9. The Morgan fingerprint density at radius 1 is 0.600 bits per heavy atom. The van der Waals surface area contributed by atoms with E-state index in [9.17, 15) is 42.6 Å². The number of ether oxygens (including phenoxy) is 6. The Morgan fingerprint density at radius 2 is 0.973 bits per heavy atom. The van der Waals surface area contributed by atoms with Crippen molar-refractivity contribution in [3.05, 3.63) is 71.0 Å². The van der Waals surface area contributed by atoms with E-state index in [0.717, 1.165) is 34.7 Å². The Kier molecular flexibility index (Phi) is 20.3. The first-order valence-electron chi connectivity index (χ1n) is 24.8. The van der Waals surface area contributed by atoms with Crippen LogP contribution in [0, 0.1) is 23.7 Å². The number of nitrogens with one attached hydrogen (secondary N) is 2. The molecule has 2 amide bonds. The van der Waals surface area contributed by atoms with Gasteiger partial charge in [0.15, 0.2) is 0 Å². The number of esters is 2. The Balaban J connectivity index is 0.000000278. The number of hydrogen-bond donors (Lipinski definition) is 4. The number of hydrogen-bond acceptors (Lipinski definition) is 16. The van der Waals surface area contributed by atoms with E-state index >= 15 is 0 Å². The first-order chi connectivity index (χ1) is 34.9. The number of carbonyl (C=O) groups is 4. The molecule has 0 aliphatic carbocycles. The van der Waals surface area contributed by atoms with Crippen molar-refractivity contribution in [2.45, 2.75) is 184 Å². The third-order valence-corrected chi connectivity index (χ3v) is 12.9. The van der Waals surface area contributed by atoms with Crippen LogP contribution in [-0.4, -0.2) is 118 Å². The summed E-state index contributed by atoms with van der Waals surface area (Å²) in [6.07, 6.45) is -4.82. The number of aliphatic hydroxyl groups is 2. The fraction of sp³-hybridized carbons (Fsp3) is 0.615. The number of alkyl halides is 3. The molecule has 0 radical (unpaired) electrons. The average Bonchev–Trinajstić information content (AvgIpc) is 4.00. The second-order valence-corrected chi connectivity index (χ2v) is 21.3. The summed E-state index contributed by atoms with van der Waals surface area (Å²) >= 11 is 0. The van der Waals surface area contributed by atoms with Crippen LogP contribution in [0.25, 0.3) is 22.5 Å². The summed E-state index contributed by atoms with van der Waals surface area (Å²) in [4.78, 5) is 46.6. The van der Waals surface area contributed by atoms with Crippen molar-refractivity contribution in [2.24, 2.45) is 23.7 Å². The number of nitrogens with zero attached hydrogens (tertiary/aromatic N) is 6. The fourth-order valence-corrected chi connectivity index (χ4v) is 8.58. The molecule has 0 saturated carbocycles. The van der Waals surface area contributed by atoms with Gasteiger partial charge in [0.25, 0.3) is 0 Å². The molecule has 2 aromatic heterocycles. The summed E-state index contributed by atoms with van der Waals surface area (Å²) in [5, 5.41) is 41.3. The van der Waals surface area contributed by atoms with Gasteiger partial charge >= 0.3 is 24.0 Å². The van der Waals surface area contributed by atoms with Crippen molar-refractivity contribution in [2.75, 3.05) is 0 Å². The average molecular weight is 1060 g/mol. The number of aliphatic hydroxyl groups excluding tert-OH is 2. The SMILES string of the molecule is CC(=O)NC1[C@H](OC(C)=O)OC(Cn2cc(-c3cc(CO)cc(COC(C)(C)C)c3)nn2)[C@@H](C)[C@@H]1C.CC(=O)O[C@@H]1OC(Cn2cc(-c3cc(CO)cc(COC(C)(C)C)c3)nn2)[C@@H](C)[C@H](C)C1NC(=O)C(F)(F)F. The lowest BCUT2D eigenvalue weighted by Gasteiger charge is -2.44. The maximum atomic E-state index is 12.9. The molecule has 2 aliphatic rings. The molecule has 2 saturated heterocycles. The van der Waals surface area contributed by atoms with Crippen molar-refractivity contribution in [3.63, 3.8) is 0 Å². The highest BCUT2D eigenvalue weighted by molar-refractivity contribution is 5.82. The van der Waals surface area contributed by atoms with Gasteiger partial charge in [-0.15, -0.1) is 10.2 Å². The summed E-state index contributed by atoms with van der Waals surface area (Å²) in [7, 11) is 0. The summed E-state index contributed by atoms with van der Waals surface area (Å²) < 4.78 is 76.2. The van der Waals surface area contributed by atoms with Crippen LogP contribution in [0.4, 0.5) is 13.2 Å². The van der Waals surface area contributed by atoms with Gasteiger partial charge < -0.3 is 49.3 Å². The Labute approximate surface area is 435 Å². The first kappa shape index (κ1) is 60.0. The molecule has 2 aromatic carbocycles. The van der Waals surface area contributed by atoms with E-state index in [2.05, 4.69) is 25.9 Å². The minimum absolute atomic E-state index is 0.00778. The lowest BCUT2D eigenvalue weighted by molar-refractivity contribution is -0.236. The molecule has 4 N–H and O–H groups in total. The van der Waals surface area contributed by atoms with E-state index in [4.69, 9.17) is 28.4 Å². The number of benzene rings is 2. The van der Waals surface area contributed by atoms with Crippen molar-refractivity contribution in [1.82, 2.24) is 40.6 Å². The van der Waals surface area contributed by atoms with Gasteiger partial charge in [-0.25, -0.2) is 9.36 Å². The van der Waals surface area contributed by atoms with Crippen molar-refractivity contribution in [3.8, 4) is 22.5 Å². The molecule has 4 aromatic rings. The molecule has 414 valence electrons. The van der Waals surface area contributed by atoms with Gasteiger partial charge in [-0.05, 0) is 112 Å². The quantitative estimate of drug-likeness (QED) is 0.0915. The molecule has 4 unspecified atom stereocenters. The molecule has 2 fully saturated rings. The largest absolute Gasteiger partial charge is 0.471 e. The summed E-state index contributed by atoms with van der Waals surface area (Å²) in [5.41, 5.74) is 5.36. The van der Waals surface area contributed by atoms with Gasteiger partial charge in [0.05, 0.1) is 87.4 Å². The van der Waals surface area contributed by atoms with Crippen LogP contribution in [-0.2, 0) is 87.1 Å². The van der Waals surface area contributed by atoms with E-state index in [1.807, 2.05) is 97.2 Å². The summed E-state index contributed by atoms with van der Waals surface area (Å²) in [5.74, 6) is -4.43. The van der Waals surface area contributed by atoms with E-state index in [0.29, 0.717) is 36.7 Å². The third-order valence-electron chi connectivity index (χ3n) is 12.9. The van der Waals surface area contributed by atoms with Crippen molar-refractivity contribution >= 4 is 23.8 Å². The highest BCUT2D eigenvalue weighted by Gasteiger charge is 2.48. The van der Waals surface area contributed by atoms with E-state index in [1.54, 1.807) is 30.8 Å². The zero-order chi connectivity index (χ0) is 55.7. The molecule has 6 rings (SSSR count). The highest BCUT2D eigenvalue weighted by atomic mass is 19.4. The van der Waals surface area contributed by atoms with Crippen LogP contribution in [0.2, 0.25) is 0 Å². The predicted octanol–water partition coefficient (Wildman–Crippen LogP) is 6.18.